The Balaban J connectivity index is 1.05. The maximum Gasteiger partial charge on any atom is 0.317 e. The molecule has 46 heavy (non-hydrogen) atoms. The fourth-order valence-electron chi connectivity index (χ4n) is 5.57. The van der Waals surface area contributed by atoms with Gasteiger partial charge in [-0.05, 0) is 53.1 Å². The van der Waals surface area contributed by atoms with E-state index < -0.39 is 0 Å². The SMILES string of the molecule is O=C(NCc1ccccc1)N1CCN(c2ccc(-c3cc4cc(c3)Nc3ncc(Cl)c(n3)Nc3cccc(c3)OCC4)cn2)CC1. The highest BCUT2D eigenvalue weighted by atomic mass is 35.5. The largest absolute Gasteiger partial charge is 0.493 e. The van der Waals surface area contributed by atoms with Gasteiger partial charge in [0.2, 0.25) is 5.95 Å². The van der Waals surface area contributed by atoms with Crippen LogP contribution in [0, 0.1) is 0 Å². The van der Waals surface area contributed by atoms with Crippen molar-refractivity contribution in [3.05, 3.63) is 113 Å². The van der Waals surface area contributed by atoms with Gasteiger partial charge in [0.05, 0.1) is 12.8 Å². The third kappa shape index (κ3) is 6.97. The van der Waals surface area contributed by atoms with Crippen LogP contribution in [0.15, 0.2) is 97.3 Å². The number of amides is 2. The molecule has 3 aromatic carbocycles. The van der Waals surface area contributed by atoms with Crippen LogP contribution in [0.5, 0.6) is 5.75 Å². The fourth-order valence-corrected chi connectivity index (χ4v) is 5.71. The van der Waals surface area contributed by atoms with Crippen LogP contribution >= 0.6 is 11.6 Å². The van der Waals surface area contributed by atoms with Gasteiger partial charge in [0.15, 0.2) is 5.82 Å². The number of hydrogen-bond acceptors (Lipinski definition) is 8. The minimum atomic E-state index is -0.0383. The van der Waals surface area contributed by atoms with Crippen molar-refractivity contribution >= 4 is 46.6 Å². The third-order valence-electron chi connectivity index (χ3n) is 8.01. The molecule has 2 aliphatic rings. The number of urea groups is 1. The monoisotopic (exact) mass is 632 g/mol. The van der Waals surface area contributed by atoms with Gasteiger partial charge in [-0.1, -0.05) is 54.1 Å². The highest BCUT2D eigenvalue weighted by Crippen LogP contribution is 2.30. The van der Waals surface area contributed by atoms with E-state index in [9.17, 15) is 4.79 Å². The number of nitrogens with one attached hydrogen (secondary N) is 3. The molecule has 2 amide bonds. The summed E-state index contributed by atoms with van der Waals surface area (Å²) in [5.74, 6) is 2.58. The maximum absolute atomic E-state index is 12.7. The van der Waals surface area contributed by atoms with Crippen LogP contribution in [-0.4, -0.2) is 58.7 Å². The Labute approximate surface area is 272 Å². The molecular formula is C35H33ClN8O2. The van der Waals surface area contributed by atoms with Crippen molar-refractivity contribution in [3.8, 4) is 16.9 Å². The Kier molecular flexibility index (Phi) is 8.51. The van der Waals surface area contributed by atoms with E-state index in [0.717, 1.165) is 58.3 Å². The first-order chi connectivity index (χ1) is 22.6. The van der Waals surface area contributed by atoms with Crippen molar-refractivity contribution in [1.82, 2.24) is 25.2 Å². The summed E-state index contributed by atoms with van der Waals surface area (Å²) in [6, 6.07) is 28.1. The number of carbonyl (C=O) groups excluding carboxylic acids is 1. The van der Waals surface area contributed by atoms with Crippen LogP contribution in [0.3, 0.4) is 0 Å². The lowest BCUT2D eigenvalue weighted by Crippen LogP contribution is -2.51. The maximum atomic E-state index is 12.7. The number of nitrogens with zero attached hydrogens (tertiary/aromatic N) is 5. The van der Waals surface area contributed by atoms with Crippen molar-refractivity contribution in [2.24, 2.45) is 0 Å². The van der Waals surface area contributed by atoms with E-state index >= 15 is 0 Å². The number of aromatic nitrogens is 3. The Morgan fingerprint density at radius 2 is 1.72 bits per heavy atom. The Morgan fingerprint density at radius 1 is 0.848 bits per heavy atom. The summed E-state index contributed by atoms with van der Waals surface area (Å²) in [5, 5.41) is 10.1. The Bertz CT molecular complexity index is 1830. The van der Waals surface area contributed by atoms with Crippen LogP contribution < -0.4 is 25.6 Å². The van der Waals surface area contributed by atoms with E-state index in [1.165, 1.54) is 0 Å². The van der Waals surface area contributed by atoms with E-state index in [0.29, 0.717) is 49.5 Å². The van der Waals surface area contributed by atoms with Gasteiger partial charge in [0, 0.05) is 68.3 Å². The van der Waals surface area contributed by atoms with E-state index in [-0.39, 0.29) is 6.03 Å². The minimum Gasteiger partial charge on any atom is -0.493 e. The van der Waals surface area contributed by atoms with Gasteiger partial charge in [-0.25, -0.2) is 14.8 Å². The van der Waals surface area contributed by atoms with Gasteiger partial charge in [-0.3, -0.25) is 0 Å². The van der Waals surface area contributed by atoms with Gasteiger partial charge in [-0.15, -0.1) is 0 Å². The number of piperazine rings is 1. The summed E-state index contributed by atoms with van der Waals surface area (Å²) >= 11 is 6.41. The number of ether oxygens (including phenoxy) is 1. The molecule has 0 spiro atoms. The lowest BCUT2D eigenvalue weighted by molar-refractivity contribution is 0.194. The standard InChI is InChI=1S/C35H33ClN8O2/c36-31-23-38-34-41-29-18-25(11-16-46-30-8-4-7-28(20-30)40-33(31)42-34)17-27(19-29)26-9-10-32(37-22-26)43-12-14-44(15-13-43)35(45)39-21-24-5-2-1-3-6-24/h1-10,17-20,22-23H,11-16,21H2,(H,39,45)(H2,38,40,41,42). The first-order valence-corrected chi connectivity index (χ1v) is 15.6. The van der Waals surface area contributed by atoms with Gasteiger partial charge in [0.1, 0.15) is 16.6 Å². The lowest BCUT2D eigenvalue weighted by Gasteiger charge is -2.35. The number of carbonyl (C=O) groups is 1. The van der Waals surface area contributed by atoms with Crippen LogP contribution in [0.1, 0.15) is 11.1 Å². The number of hydrogen-bond donors (Lipinski definition) is 3. The molecule has 0 atom stereocenters. The van der Waals surface area contributed by atoms with E-state index in [1.807, 2.05) is 71.8 Å². The molecule has 4 heterocycles. The molecule has 0 aliphatic carbocycles. The number of fused-ring (bicyclic) bond motifs is 6. The molecule has 7 rings (SSSR count). The molecule has 2 aliphatic heterocycles. The van der Waals surface area contributed by atoms with E-state index in [2.05, 4.69) is 55.1 Å². The van der Waals surface area contributed by atoms with Crippen molar-refractivity contribution < 1.29 is 9.53 Å². The number of halogens is 1. The predicted octanol–water partition coefficient (Wildman–Crippen LogP) is 6.65. The molecule has 0 saturated carbocycles. The Morgan fingerprint density at radius 3 is 2.54 bits per heavy atom. The Hall–Kier alpha value is -5.35. The minimum absolute atomic E-state index is 0.0383. The first-order valence-electron chi connectivity index (χ1n) is 15.3. The molecule has 3 N–H and O–H groups in total. The average Bonchev–Trinajstić information content (AvgIpc) is 3.09. The molecule has 232 valence electrons. The number of pyridine rings is 1. The van der Waals surface area contributed by atoms with E-state index in [1.54, 1.807) is 6.20 Å². The zero-order valence-corrected chi connectivity index (χ0v) is 25.9. The quantitative estimate of drug-likeness (QED) is 0.202. The fraction of sp³-hybridized carbons (Fsp3) is 0.200. The lowest BCUT2D eigenvalue weighted by atomic mass is 10.0. The molecular weight excluding hydrogens is 600 g/mol. The summed E-state index contributed by atoms with van der Waals surface area (Å²) in [4.78, 5) is 30.6. The van der Waals surface area contributed by atoms with Gasteiger partial charge in [0.25, 0.3) is 0 Å². The summed E-state index contributed by atoms with van der Waals surface area (Å²) < 4.78 is 6.09. The summed E-state index contributed by atoms with van der Waals surface area (Å²) in [5.41, 5.74) is 5.86. The molecule has 1 fully saturated rings. The van der Waals surface area contributed by atoms with Gasteiger partial charge < -0.3 is 30.5 Å². The zero-order valence-electron chi connectivity index (χ0n) is 25.1. The number of rotatable bonds is 4. The van der Waals surface area contributed by atoms with Gasteiger partial charge >= 0.3 is 6.03 Å². The molecule has 1 saturated heterocycles. The topological polar surface area (TPSA) is 108 Å². The van der Waals surface area contributed by atoms with Crippen molar-refractivity contribution in [1.29, 1.82) is 0 Å². The van der Waals surface area contributed by atoms with Gasteiger partial charge in [-0.2, -0.15) is 4.98 Å². The highest BCUT2D eigenvalue weighted by molar-refractivity contribution is 6.32. The molecule has 2 aromatic heterocycles. The second kappa shape index (κ2) is 13.3. The van der Waals surface area contributed by atoms with Crippen molar-refractivity contribution in [2.45, 2.75) is 13.0 Å². The average molecular weight is 633 g/mol. The predicted molar refractivity (Wildman–Crippen MR) is 181 cm³/mol. The van der Waals surface area contributed by atoms with Crippen LogP contribution in [0.2, 0.25) is 5.02 Å². The first kappa shape index (κ1) is 29.4. The second-order valence-electron chi connectivity index (χ2n) is 11.2. The number of benzene rings is 3. The molecule has 11 heteroatoms. The van der Waals surface area contributed by atoms with Crippen LogP contribution in [-0.2, 0) is 13.0 Å². The van der Waals surface area contributed by atoms with E-state index in [4.69, 9.17) is 21.3 Å². The smallest absolute Gasteiger partial charge is 0.317 e. The highest BCUT2D eigenvalue weighted by Gasteiger charge is 2.22. The van der Waals surface area contributed by atoms with Crippen LogP contribution in [0.25, 0.3) is 11.1 Å². The zero-order chi connectivity index (χ0) is 31.3. The second-order valence-corrected chi connectivity index (χ2v) is 11.6. The summed E-state index contributed by atoms with van der Waals surface area (Å²) in [7, 11) is 0. The summed E-state index contributed by atoms with van der Waals surface area (Å²) in [6.45, 7) is 3.75. The van der Waals surface area contributed by atoms with Crippen LogP contribution in [0.4, 0.5) is 33.8 Å². The normalized spacial score (nSPS) is 14.3. The molecule has 5 aromatic rings. The van der Waals surface area contributed by atoms with Crippen molar-refractivity contribution in [2.75, 3.05) is 48.3 Å². The molecule has 0 radical (unpaired) electrons. The number of anilines is 5. The molecule has 6 bridgehead atoms. The van der Waals surface area contributed by atoms with Crippen molar-refractivity contribution in [3.63, 3.8) is 0 Å². The molecule has 10 nitrogen and oxygen atoms in total. The molecule has 0 unspecified atom stereocenters. The third-order valence-corrected chi connectivity index (χ3v) is 8.28. The summed E-state index contributed by atoms with van der Waals surface area (Å²) in [6.07, 6.45) is 4.19.